The molecule has 0 radical (unpaired) electrons. The molecule has 2 aromatic rings. The van der Waals surface area contributed by atoms with E-state index in [1.165, 1.54) is 0 Å². The number of likely N-dealkylation sites (N-methyl/N-ethyl adjacent to an activating group) is 1. The van der Waals surface area contributed by atoms with Crippen LogP contribution in [0.5, 0.6) is 0 Å². The third kappa shape index (κ3) is 2.49. The molecule has 0 amide bonds. The van der Waals surface area contributed by atoms with Crippen LogP contribution in [0.1, 0.15) is 12.5 Å². The van der Waals surface area contributed by atoms with Gasteiger partial charge < -0.3 is 5.11 Å². The second kappa shape index (κ2) is 5.14. The molecular formula is C14H16N2O2. The normalized spacial score (nSPS) is 12.8. The van der Waals surface area contributed by atoms with Gasteiger partial charge in [-0.2, -0.15) is 0 Å². The summed E-state index contributed by atoms with van der Waals surface area (Å²) in [6, 6.07) is 7.48. The molecule has 0 aliphatic heterocycles. The molecule has 0 aliphatic carbocycles. The molecule has 94 valence electrons. The van der Waals surface area contributed by atoms with Gasteiger partial charge in [0.2, 0.25) is 0 Å². The Morgan fingerprint density at radius 2 is 2.11 bits per heavy atom. The Hall–Kier alpha value is -1.94. The topological polar surface area (TPSA) is 53.4 Å². The molecule has 1 unspecified atom stereocenters. The van der Waals surface area contributed by atoms with Crippen molar-refractivity contribution in [3.63, 3.8) is 0 Å². The summed E-state index contributed by atoms with van der Waals surface area (Å²) < 4.78 is 0. The molecule has 0 fully saturated rings. The first-order valence-corrected chi connectivity index (χ1v) is 5.84. The maximum atomic E-state index is 10.9. The smallest absolute Gasteiger partial charge is 0.320 e. The summed E-state index contributed by atoms with van der Waals surface area (Å²) in [6.07, 6.45) is 3.62. The standard InChI is InChI=1S/C14H16N2O2/c1-10(14(17)18)16(2)9-12-8-15-7-11-5-3-4-6-13(11)12/h3-8,10H,9H2,1-2H3,(H,17,18). The zero-order valence-corrected chi connectivity index (χ0v) is 10.5. The second-order valence-corrected chi connectivity index (χ2v) is 4.45. The lowest BCUT2D eigenvalue weighted by atomic mass is 10.1. The fourth-order valence-electron chi connectivity index (χ4n) is 1.90. The average molecular weight is 244 g/mol. The number of hydrogen-bond donors (Lipinski definition) is 1. The van der Waals surface area contributed by atoms with Crippen molar-refractivity contribution < 1.29 is 9.90 Å². The predicted molar refractivity (Wildman–Crippen MR) is 70.3 cm³/mol. The van der Waals surface area contributed by atoms with Gasteiger partial charge in [-0.1, -0.05) is 24.3 Å². The van der Waals surface area contributed by atoms with Crippen LogP contribution in [0.4, 0.5) is 0 Å². The highest BCUT2D eigenvalue weighted by Gasteiger charge is 2.17. The van der Waals surface area contributed by atoms with E-state index in [-0.39, 0.29) is 0 Å². The van der Waals surface area contributed by atoms with E-state index in [1.807, 2.05) is 30.5 Å². The van der Waals surface area contributed by atoms with Crippen LogP contribution in [0.25, 0.3) is 10.8 Å². The molecule has 0 bridgehead atoms. The predicted octanol–water partition coefficient (Wildman–Crippen LogP) is 2.14. The summed E-state index contributed by atoms with van der Waals surface area (Å²) in [6.45, 7) is 2.25. The monoisotopic (exact) mass is 244 g/mol. The molecule has 1 N–H and O–H groups in total. The lowest BCUT2D eigenvalue weighted by Crippen LogP contribution is -2.35. The first-order chi connectivity index (χ1) is 8.59. The zero-order chi connectivity index (χ0) is 13.1. The van der Waals surface area contributed by atoms with Crippen LogP contribution in [0, 0.1) is 0 Å². The summed E-state index contributed by atoms with van der Waals surface area (Å²) in [5.41, 5.74) is 1.05. The van der Waals surface area contributed by atoms with Gasteiger partial charge in [0.1, 0.15) is 6.04 Å². The third-order valence-corrected chi connectivity index (χ3v) is 3.19. The van der Waals surface area contributed by atoms with E-state index in [2.05, 4.69) is 4.98 Å². The van der Waals surface area contributed by atoms with Gasteiger partial charge in [0, 0.05) is 24.3 Å². The number of aliphatic carboxylic acids is 1. The summed E-state index contributed by atoms with van der Waals surface area (Å²) in [7, 11) is 1.81. The molecule has 2 rings (SSSR count). The summed E-state index contributed by atoms with van der Waals surface area (Å²) in [5, 5.41) is 11.2. The maximum Gasteiger partial charge on any atom is 0.320 e. The van der Waals surface area contributed by atoms with Crippen LogP contribution >= 0.6 is 0 Å². The van der Waals surface area contributed by atoms with Gasteiger partial charge in [0.25, 0.3) is 0 Å². The average Bonchev–Trinajstić information content (AvgIpc) is 2.38. The number of rotatable bonds is 4. The van der Waals surface area contributed by atoms with Crippen molar-refractivity contribution in [3.05, 3.63) is 42.2 Å². The first-order valence-electron chi connectivity index (χ1n) is 5.84. The molecule has 1 atom stereocenters. The van der Waals surface area contributed by atoms with Crippen LogP contribution in [0.2, 0.25) is 0 Å². The van der Waals surface area contributed by atoms with E-state index in [0.717, 1.165) is 16.3 Å². The number of pyridine rings is 1. The minimum Gasteiger partial charge on any atom is -0.480 e. The Morgan fingerprint density at radius 1 is 1.39 bits per heavy atom. The Kier molecular flexibility index (Phi) is 3.58. The quantitative estimate of drug-likeness (QED) is 0.895. The van der Waals surface area contributed by atoms with Crippen LogP contribution in [-0.2, 0) is 11.3 Å². The highest BCUT2D eigenvalue weighted by atomic mass is 16.4. The van der Waals surface area contributed by atoms with Crippen LogP contribution in [0.15, 0.2) is 36.7 Å². The van der Waals surface area contributed by atoms with Gasteiger partial charge in [-0.05, 0) is 24.9 Å². The third-order valence-electron chi connectivity index (χ3n) is 3.19. The lowest BCUT2D eigenvalue weighted by Gasteiger charge is -2.21. The van der Waals surface area contributed by atoms with Gasteiger partial charge in [-0.15, -0.1) is 0 Å². The van der Waals surface area contributed by atoms with Crippen molar-refractivity contribution >= 4 is 16.7 Å². The number of carbonyl (C=O) groups is 1. The van der Waals surface area contributed by atoms with Crippen molar-refractivity contribution in [2.45, 2.75) is 19.5 Å². The highest BCUT2D eigenvalue weighted by Crippen LogP contribution is 2.18. The number of aromatic nitrogens is 1. The molecule has 0 spiro atoms. The van der Waals surface area contributed by atoms with Crippen molar-refractivity contribution in [1.29, 1.82) is 0 Å². The molecule has 1 aromatic heterocycles. The molecule has 0 saturated heterocycles. The number of carboxylic acids is 1. The second-order valence-electron chi connectivity index (χ2n) is 4.45. The van der Waals surface area contributed by atoms with Crippen LogP contribution in [-0.4, -0.2) is 34.0 Å². The van der Waals surface area contributed by atoms with Crippen LogP contribution < -0.4 is 0 Å². The molecule has 0 aliphatic rings. The van der Waals surface area contributed by atoms with E-state index in [9.17, 15) is 4.79 Å². The van der Waals surface area contributed by atoms with Gasteiger partial charge in [0.15, 0.2) is 0 Å². The number of hydrogen-bond acceptors (Lipinski definition) is 3. The highest BCUT2D eigenvalue weighted by molar-refractivity contribution is 5.84. The SMILES string of the molecule is CC(C(=O)O)N(C)Cc1cncc2ccccc12. The summed E-state index contributed by atoms with van der Waals surface area (Å²) in [4.78, 5) is 16.9. The summed E-state index contributed by atoms with van der Waals surface area (Å²) in [5.74, 6) is -0.814. The molecule has 4 heteroatoms. The fourth-order valence-corrected chi connectivity index (χ4v) is 1.90. The fraction of sp³-hybridized carbons (Fsp3) is 0.286. The maximum absolute atomic E-state index is 10.9. The molecule has 18 heavy (non-hydrogen) atoms. The largest absolute Gasteiger partial charge is 0.480 e. The van der Waals surface area contributed by atoms with E-state index in [0.29, 0.717) is 6.54 Å². The number of nitrogens with zero attached hydrogens (tertiary/aromatic N) is 2. The van der Waals surface area contributed by atoms with Crippen molar-refractivity contribution in [2.24, 2.45) is 0 Å². The van der Waals surface area contributed by atoms with Gasteiger partial charge >= 0.3 is 5.97 Å². The number of fused-ring (bicyclic) bond motifs is 1. The van der Waals surface area contributed by atoms with Gasteiger partial charge in [-0.3, -0.25) is 14.7 Å². The van der Waals surface area contributed by atoms with Gasteiger partial charge in [-0.25, -0.2) is 0 Å². The van der Waals surface area contributed by atoms with Crippen molar-refractivity contribution in [3.8, 4) is 0 Å². The molecule has 0 saturated carbocycles. The minimum absolute atomic E-state index is 0.510. The number of benzene rings is 1. The summed E-state index contributed by atoms with van der Waals surface area (Å²) >= 11 is 0. The molecule has 1 aromatic carbocycles. The zero-order valence-electron chi connectivity index (χ0n) is 10.5. The molecule has 4 nitrogen and oxygen atoms in total. The number of carboxylic acid groups (broad SMARTS) is 1. The van der Waals surface area contributed by atoms with Crippen molar-refractivity contribution in [1.82, 2.24) is 9.88 Å². The van der Waals surface area contributed by atoms with Gasteiger partial charge in [0.05, 0.1) is 0 Å². The lowest BCUT2D eigenvalue weighted by molar-refractivity contribution is -0.142. The Labute approximate surface area is 106 Å². The molecule has 1 heterocycles. The van der Waals surface area contributed by atoms with E-state index >= 15 is 0 Å². The van der Waals surface area contributed by atoms with E-state index < -0.39 is 12.0 Å². The minimum atomic E-state index is -0.814. The molecular weight excluding hydrogens is 228 g/mol. The van der Waals surface area contributed by atoms with E-state index in [4.69, 9.17) is 5.11 Å². The van der Waals surface area contributed by atoms with Crippen molar-refractivity contribution in [2.75, 3.05) is 7.05 Å². The Morgan fingerprint density at radius 3 is 2.83 bits per heavy atom. The first kappa shape index (κ1) is 12.5. The van der Waals surface area contributed by atoms with E-state index in [1.54, 1.807) is 25.1 Å². The Bertz CT molecular complexity index is 563. The van der Waals surface area contributed by atoms with Crippen LogP contribution in [0.3, 0.4) is 0 Å². The Balaban J connectivity index is 2.29.